The molecule has 1 saturated heterocycles. The molecular weight excluding hydrogens is 282 g/mol. The molecule has 1 aromatic rings. The quantitative estimate of drug-likeness (QED) is 0.811. The van der Waals surface area contributed by atoms with Crippen LogP contribution < -0.4 is 5.32 Å². The van der Waals surface area contributed by atoms with Crippen LogP contribution in [0.2, 0.25) is 0 Å². The summed E-state index contributed by atoms with van der Waals surface area (Å²) in [4.78, 5) is 22.5. The monoisotopic (exact) mass is 305 g/mol. The molecule has 1 aliphatic rings. The van der Waals surface area contributed by atoms with Crippen molar-refractivity contribution in [1.82, 2.24) is 5.32 Å². The zero-order valence-electron chi connectivity index (χ0n) is 12.9. The van der Waals surface area contributed by atoms with Gasteiger partial charge in [-0.15, -0.1) is 0 Å². The first kappa shape index (κ1) is 16.5. The van der Waals surface area contributed by atoms with Crippen LogP contribution in [0.4, 0.5) is 0 Å². The number of carboxylic acids is 1. The van der Waals surface area contributed by atoms with Crippen LogP contribution >= 0.6 is 0 Å². The highest BCUT2D eigenvalue weighted by atomic mass is 16.5. The maximum atomic E-state index is 11.8. The van der Waals surface area contributed by atoms with Crippen molar-refractivity contribution in [2.45, 2.75) is 51.2 Å². The van der Waals surface area contributed by atoms with Crippen molar-refractivity contribution in [1.29, 1.82) is 0 Å². The molecule has 0 radical (unpaired) electrons. The van der Waals surface area contributed by atoms with E-state index in [1.54, 1.807) is 24.3 Å². The van der Waals surface area contributed by atoms with Crippen LogP contribution in [0.5, 0.6) is 0 Å². The van der Waals surface area contributed by atoms with Gasteiger partial charge in [0, 0.05) is 13.0 Å². The second-order valence-electron chi connectivity index (χ2n) is 5.79. The summed E-state index contributed by atoms with van der Waals surface area (Å²) < 4.78 is 5.69. The van der Waals surface area contributed by atoms with Gasteiger partial charge in [0.15, 0.2) is 0 Å². The number of carboxylic acid groups (broad SMARTS) is 1. The van der Waals surface area contributed by atoms with Gasteiger partial charge < -0.3 is 15.2 Å². The van der Waals surface area contributed by atoms with Gasteiger partial charge in [0.2, 0.25) is 5.91 Å². The van der Waals surface area contributed by atoms with Gasteiger partial charge in [0.25, 0.3) is 0 Å². The Hall–Kier alpha value is -1.88. The summed E-state index contributed by atoms with van der Waals surface area (Å²) >= 11 is 0. The van der Waals surface area contributed by atoms with Crippen LogP contribution in [-0.4, -0.2) is 35.7 Å². The van der Waals surface area contributed by atoms with Crippen LogP contribution in [0.3, 0.4) is 0 Å². The average Bonchev–Trinajstić information content (AvgIpc) is 2.91. The Bertz CT molecular complexity index is 512. The molecule has 120 valence electrons. The second kappa shape index (κ2) is 7.94. The highest BCUT2D eigenvalue weighted by Crippen LogP contribution is 2.22. The maximum absolute atomic E-state index is 11.8. The Morgan fingerprint density at radius 3 is 2.59 bits per heavy atom. The molecule has 2 rings (SSSR count). The van der Waals surface area contributed by atoms with Crippen molar-refractivity contribution in [2.24, 2.45) is 0 Å². The summed E-state index contributed by atoms with van der Waals surface area (Å²) in [5, 5.41) is 11.7. The lowest BCUT2D eigenvalue weighted by molar-refractivity contribution is -0.121. The van der Waals surface area contributed by atoms with E-state index in [0.29, 0.717) is 25.5 Å². The summed E-state index contributed by atoms with van der Waals surface area (Å²) in [7, 11) is 0. The fraction of sp³-hybridized carbons (Fsp3) is 0.529. The number of nitrogens with one attached hydrogen (secondary N) is 1. The first-order valence-electron chi connectivity index (χ1n) is 7.79. The van der Waals surface area contributed by atoms with Crippen LogP contribution in [0.1, 0.15) is 48.5 Å². The van der Waals surface area contributed by atoms with E-state index in [4.69, 9.17) is 9.84 Å². The van der Waals surface area contributed by atoms with E-state index in [1.165, 1.54) is 0 Å². The number of hydrogen-bond acceptors (Lipinski definition) is 3. The van der Waals surface area contributed by atoms with E-state index >= 15 is 0 Å². The maximum Gasteiger partial charge on any atom is 0.335 e. The second-order valence-corrected chi connectivity index (χ2v) is 5.79. The van der Waals surface area contributed by atoms with Crippen molar-refractivity contribution in [3.05, 3.63) is 35.4 Å². The van der Waals surface area contributed by atoms with Crippen molar-refractivity contribution < 1.29 is 19.4 Å². The Labute approximate surface area is 130 Å². The number of carbonyl (C=O) groups excluding carboxylic acids is 1. The van der Waals surface area contributed by atoms with Crippen LogP contribution in [0.15, 0.2) is 24.3 Å². The molecule has 0 aromatic heterocycles. The van der Waals surface area contributed by atoms with Crippen molar-refractivity contribution in [3.63, 3.8) is 0 Å². The number of aromatic carboxylic acids is 1. The van der Waals surface area contributed by atoms with Crippen molar-refractivity contribution >= 4 is 11.9 Å². The Morgan fingerprint density at radius 1 is 1.27 bits per heavy atom. The molecule has 1 aromatic carbocycles. The first-order chi connectivity index (χ1) is 10.5. The van der Waals surface area contributed by atoms with Crippen molar-refractivity contribution in [2.75, 3.05) is 6.54 Å². The van der Waals surface area contributed by atoms with E-state index in [2.05, 4.69) is 12.2 Å². The topological polar surface area (TPSA) is 75.6 Å². The molecule has 1 fully saturated rings. The molecule has 1 heterocycles. The number of rotatable bonds is 7. The largest absolute Gasteiger partial charge is 0.478 e. The van der Waals surface area contributed by atoms with Gasteiger partial charge in [-0.25, -0.2) is 4.79 Å². The minimum Gasteiger partial charge on any atom is -0.478 e. The standard InChI is InChI=1S/C17H23NO4/c1-12-2-7-15(22-12)8-9-16(19)18-11-10-13-3-5-14(6-4-13)17(20)21/h3-6,12,15H,2,7-11H2,1H3,(H,18,19)(H,20,21)/t12-,15-/m0/s1. The molecular formula is C17H23NO4. The third-order valence-corrected chi connectivity index (χ3v) is 3.95. The predicted octanol–water partition coefficient (Wildman–Crippen LogP) is 2.39. The normalized spacial score (nSPS) is 20.8. The number of amides is 1. The predicted molar refractivity (Wildman–Crippen MR) is 82.9 cm³/mol. The number of hydrogen-bond donors (Lipinski definition) is 2. The molecule has 5 heteroatoms. The molecule has 0 spiro atoms. The third kappa shape index (κ3) is 5.15. The summed E-state index contributed by atoms with van der Waals surface area (Å²) in [6.07, 6.45) is 4.65. The summed E-state index contributed by atoms with van der Waals surface area (Å²) in [6.45, 7) is 2.63. The third-order valence-electron chi connectivity index (χ3n) is 3.95. The van der Waals surface area contributed by atoms with E-state index in [9.17, 15) is 9.59 Å². The van der Waals surface area contributed by atoms with Crippen LogP contribution in [0.25, 0.3) is 0 Å². The Kier molecular flexibility index (Phi) is 5.95. The Morgan fingerprint density at radius 2 is 2.00 bits per heavy atom. The van der Waals surface area contributed by atoms with Gasteiger partial charge in [-0.1, -0.05) is 12.1 Å². The summed E-state index contributed by atoms with van der Waals surface area (Å²) in [5.74, 6) is -0.881. The van der Waals surface area contributed by atoms with Gasteiger partial charge in [-0.2, -0.15) is 0 Å². The molecule has 0 unspecified atom stereocenters. The van der Waals surface area contributed by atoms with Gasteiger partial charge >= 0.3 is 5.97 Å². The van der Waals surface area contributed by atoms with Gasteiger partial charge in [-0.05, 0) is 50.3 Å². The molecule has 22 heavy (non-hydrogen) atoms. The minimum atomic E-state index is -0.927. The lowest BCUT2D eigenvalue weighted by Crippen LogP contribution is -2.26. The average molecular weight is 305 g/mol. The molecule has 1 aliphatic heterocycles. The van der Waals surface area contributed by atoms with Gasteiger partial charge in [-0.3, -0.25) is 4.79 Å². The van der Waals surface area contributed by atoms with Crippen molar-refractivity contribution in [3.8, 4) is 0 Å². The van der Waals surface area contributed by atoms with Crippen LogP contribution in [0, 0.1) is 0 Å². The molecule has 2 atom stereocenters. The minimum absolute atomic E-state index is 0.0466. The lowest BCUT2D eigenvalue weighted by Gasteiger charge is -2.11. The first-order valence-corrected chi connectivity index (χ1v) is 7.79. The molecule has 0 bridgehead atoms. The molecule has 1 amide bonds. The molecule has 0 aliphatic carbocycles. The van der Waals surface area contributed by atoms with E-state index in [-0.39, 0.29) is 17.6 Å². The smallest absolute Gasteiger partial charge is 0.335 e. The highest BCUT2D eigenvalue weighted by molar-refractivity contribution is 5.87. The number of benzene rings is 1. The SMILES string of the molecule is C[C@H]1CC[C@@H](CCC(=O)NCCc2ccc(C(=O)O)cc2)O1. The molecule has 2 N–H and O–H groups in total. The van der Waals surface area contributed by atoms with Crippen LogP contribution in [-0.2, 0) is 16.0 Å². The zero-order chi connectivity index (χ0) is 15.9. The van der Waals surface area contributed by atoms with E-state index in [0.717, 1.165) is 24.8 Å². The van der Waals surface area contributed by atoms with Gasteiger partial charge in [0.1, 0.15) is 0 Å². The fourth-order valence-electron chi connectivity index (χ4n) is 2.64. The number of ether oxygens (including phenoxy) is 1. The lowest BCUT2D eigenvalue weighted by atomic mass is 10.1. The van der Waals surface area contributed by atoms with Gasteiger partial charge in [0.05, 0.1) is 17.8 Å². The summed E-state index contributed by atoms with van der Waals surface area (Å²) in [5.41, 5.74) is 1.29. The van der Waals surface area contributed by atoms with E-state index in [1.807, 2.05) is 0 Å². The fourth-order valence-corrected chi connectivity index (χ4v) is 2.64. The zero-order valence-corrected chi connectivity index (χ0v) is 12.9. The number of carbonyl (C=O) groups is 2. The molecule has 5 nitrogen and oxygen atoms in total. The summed E-state index contributed by atoms with van der Waals surface area (Å²) in [6, 6.07) is 6.73. The highest BCUT2D eigenvalue weighted by Gasteiger charge is 2.21. The van der Waals surface area contributed by atoms with E-state index < -0.39 is 5.97 Å². The molecule has 0 saturated carbocycles. The Balaban J connectivity index is 1.63.